The van der Waals surface area contributed by atoms with Crippen LogP contribution in [0.1, 0.15) is 41.9 Å². The van der Waals surface area contributed by atoms with Crippen LogP contribution in [0.25, 0.3) is 5.65 Å². The van der Waals surface area contributed by atoms with E-state index in [-0.39, 0.29) is 23.8 Å². The van der Waals surface area contributed by atoms with Gasteiger partial charge in [-0.05, 0) is 31.9 Å². The van der Waals surface area contributed by atoms with Gasteiger partial charge in [0.05, 0.1) is 18.7 Å². The third-order valence-electron chi connectivity index (χ3n) is 4.51. The van der Waals surface area contributed by atoms with Gasteiger partial charge in [-0.1, -0.05) is 18.9 Å². The first-order valence-corrected chi connectivity index (χ1v) is 7.94. The number of aryl methyl sites for hydroxylation is 1. The summed E-state index contributed by atoms with van der Waals surface area (Å²) in [5.74, 6) is -0.705. The van der Waals surface area contributed by atoms with E-state index in [0.717, 1.165) is 31.3 Å². The van der Waals surface area contributed by atoms with Gasteiger partial charge in [0.25, 0.3) is 5.91 Å². The number of carbonyl (C=O) groups is 2. The number of ether oxygens (including phenoxy) is 1. The van der Waals surface area contributed by atoms with Crippen molar-refractivity contribution < 1.29 is 14.3 Å². The summed E-state index contributed by atoms with van der Waals surface area (Å²) in [7, 11) is 1.39. The van der Waals surface area contributed by atoms with Gasteiger partial charge in [-0.3, -0.25) is 14.0 Å². The van der Waals surface area contributed by atoms with Crippen LogP contribution in [0.5, 0.6) is 0 Å². The molecule has 1 aliphatic carbocycles. The summed E-state index contributed by atoms with van der Waals surface area (Å²) in [6.07, 6.45) is 5.36. The molecule has 0 spiro atoms. The number of nitrogens with zero attached hydrogens (tertiary/aromatic N) is 2. The molecule has 1 aliphatic rings. The van der Waals surface area contributed by atoms with Crippen LogP contribution in [0, 0.1) is 12.8 Å². The second-order valence-corrected chi connectivity index (χ2v) is 5.97. The van der Waals surface area contributed by atoms with Crippen LogP contribution < -0.4 is 5.32 Å². The average molecular weight is 315 g/mol. The number of pyridine rings is 1. The molecule has 2 aromatic rings. The molecule has 2 atom stereocenters. The first kappa shape index (κ1) is 15.5. The van der Waals surface area contributed by atoms with Crippen LogP contribution in [0.3, 0.4) is 0 Å². The van der Waals surface area contributed by atoms with E-state index in [0.29, 0.717) is 11.4 Å². The summed E-state index contributed by atoms with van der Waals surface area (Å²) in [6, 6.07) is 5.43. The van der Waals surface area contributed by atoms with E-state index in [4.69, 9.17) is 4.74 Å². The highest BCUT2D eigenvalue weighted by Gasteiger charge is 2.33. The van der Waals surface area contributed by atoms with E-state index in [9.17, 15) is 9.59 Å². The standard InChI is InChI=1S/C17H21N3O3/c1-11-15(20-10-6-5-9-14(20)18-11)16(21)19-13-8-4-3-7-12(13)17(22)23-2/h5-6,9-10,12-13H,3-4,7-8H2,1-2H3,(H,19,21). The minimum Gasteiger partial charge on any atom is -0.469 e. The molecule has 1 saturated carbocycles. The van der Waals surface area contributed by atoms with E-state index in [1.54, 1.807) is 4.40 Å². The predicted molar refractivity (Wildman–Crippen MR) is 85.2 cm³/mol. The fourth-order valence-electron chi connectivity index (χ4n) is 3.36. The van der Waals surface area contributed by atoms with Crippen LogP contribution in [0.2, 0.25) is 0 Å². The zero-order valence-corrected chi connectivity index (χ0v) is 13.4. The molecule has 0 aliphatic heterocycles. The van der Waals surface area contributed by atoms with Crippen molar-refractivity contribution in [2.24, 2.45) is 5.92 Å². The Labute approximate surface area is 134 Å². The Balaban J connectivity index is 1.85. The van der Waals surface area contributed by atoms with Crippen molar-refractivity contribution in [2.75, 3.05) is 7.11 Å². The number of rotatable bonds is 3. The van der Waals surface area contributed by atoms with Crippen LogP contribution >= 0.6 is 0 Å². The maximum Gasteiger partial charge on any atom is 0.310 e. The fourth-order valence-corrected chi connectivity index (χ4v) is 3.36. The van der Waals surface area contributed by atoms with Crippen molar-refractivity contribution in [3.63, 3.8) is 0 Å². The third kappa shape index (κ3) is 2.93. The van der Waals surface area contributed by atoms with E-state index in [1.165, 1.54) is 7.11 Å². The average Bonchev–Trinajstić information content (AvgIpc) is 2.90. The Bertz CT molecular complexity index is 738. The van der Waals surface area contributed by atoms with Crippen molar-refractivity contribution in [3.05, 3.63) is 35.8 Å². The van der Waals surface area contributed by atoms with Crippen LogP contribution in [0.15, 0.2) is 24.4 Å². The predicted octanol–water partition coefficient (Wildman–Crippen LogP) is 2.10. The Hall–Kier alpha value is -2.37. The molecule has 2 heterocycles. The molecular formula is C17H21N3O3. The summed E-state index contributed by atoms with van der Waals surface area (Å²) in [5.41, 5.74) is 1.94. The van der Waals surface area contributed by atoms with Crippen molar-refractivity contribution in [1.82, 2.24) is 14.7 Å². The van der Waals surface area contributed by atoms with E-state index >= 15 is 0 Å². The summed E-state index contributed by atoms with van der Waals surface area (Å²) in [6.45, 7) is 1.82. The van der Waals surface area contributed by atoms with Gasteiger partial charge in [-0.25, -0.2) is 4.98 Å². The summed E-state index contributed by atoms with van der Waals surface area (Å²) in [4.78, 5) is 29.1. The number of nitrogens with one attached hydrogen (secondary N) is 1. The van der Waals surface area contributed by atoms with Crippen molar-refractivity contribution in [2.45, 2.75) is 38.6 Å². The molecule has 1 N–H and O–H groups in total. The number of fused-ring (bicyclic) bond motifs is 1. The number of amides is 1. The normalized spacial score (nSPS) is 21.1. The van der Waals surface area contributed by atoms with Gasteiger partial charge < -0.3 is 10.1 Å². The van der Waals surface area contributed by atoms with Gasteiger partial charge in [0.1, 0.15) is 11.3 Å². The first-order valence-electron chi connectivity index (χ1n) is 7.94. The maximum absolute atomic E-state index is 12.7. The minimum atomic E-state index is -0.266. The van der Waals surface area contributed by atoms with E-state index in [2.05, 4.69) is 10.3 Å². The highest BCUT2D eigenvalue weighted by molar-refractivity contribution is 5.95. The molecule has 1 fully saturated rings. The van der Waals surface area contributed by atoms with Gasteiger partial charge >= 0.3 is 5.97 Å². The number of methoxy groups -OCH3 is 1. The highest BCUT2D eigenvalue weighted by Crippen LogP contribution is 2.26. The van der Waals surface area contributed by atoms with E-state index < -0.39 is 0 Å². The van der Waals surface area contributed by atoms with Crippen molar-refractivity contribution in [1.29, 1.82) is 0 Å². The van der Waals surface area contributed by atoms with E-state index in [1.807, 2.05) is 31.3 Å². The van der Waals surface area contributed by atoms with Crippen LogP contribution in [0.4, 0.5) is 0 Å². The summed E-state index contributed by atoms with van der Waals surface area (Å²) >= 11 is 0. The monoisotopic (exact) mass is 315 g/mol. The lowest BCUT2D eigenvalue weighted by Gasteiger charge is -2.30. The molecule has 6 heteroatoms. The van der Waals surface area contributed by atoms with Gasteiger partial charge in [0.15, 0.2) is 0 Å². The number of aromatic nitrogens is 2. The number of hydrogen-bond donors (Lipinski definition) is 1. The number of hydrogen-bond acceptors (Lipinski definition) is 4. The van der Waals surface area contributed by atoms with Crippen LogP contribution in [-0.4, -0.2) is 34.4 Å². The Morgan fingerprint density at radius 2 is 2.09 bits per heavy atom. The van der Waals surface area contributed by atoms with Gasteiger partial charge in [0.2, 0.25) is 0 Å². The van der Waals surface area contributed by atoms with Crippen molar-refractivity contribution in [3.8, 4) is 0 Å². The smallest absolute Gasteiger partial charge is 0.310 e. The van der Waals surface area contributed by atoms with Crippen molar-refractivity contribution >= 4 is 17.5 Å². The summed E-state index contributed by atoms with van der Waals surface area (Å²) < 4.78 is 6.66. The molecule has 2 unspecified atom stereocenters. The largest absolute Gasteiger partial charge is 0.469 e. The topological polar surface area (TPSA) is 72.7 Å². The molecule has 0 radical (unpaired) electrons. The zero-order valence-electron chi connectivity index (χ0n) is 13.4. The quantitative estimate of drug-likeness (QED) is 0.881. The van der Waals surface area contributed by atoms with Gasteiger partial charge in [0, 0.05) is 12.2 Å². The second kappa shape index (κ2) is 6.40. The molecule has 0 saturated heterocycles. The molecule has 1 amide bonds. The number of esters is 1. The lowest BCUT2D eigenvalue weighted by molar-refractivity contribution is -0.147. The molecule has 0 bridgehead atoms. The Morgan fingerprint density at radius 1 is 1.30 bits per heavy atom. The SMILES string of the molecule is COC(=O)C1CCCCC1NC(=O)c1c(C)nc2ccccn12. The lowest BCUT2D eigenvalue weighted by Crippen LogP contribution is -2.45. The lowest BCUT2D eigenvalue weighted by atomic mass is 9.84. The molecule has 3 rings (SSSR count). The van der Waals surface area contributed by atoms with Gasteiger partial charge in [-0.2, -0.15) is 0 Å². The molecule has 6 nitrogen and oxygen atoms in total. The summed E-state index contributed by atoms with van der Waals surface area (Å²) in [5, 5.41) is 3.02. The zero-order chi connectivity index (χ0) is 16.4. The Kier molecular flexibility index (Phi) is 4.32. The first-order chi connectivity index (χ1) is 11.1. The molecule has 0 aromatic carbocycles. The molecule has 2 aromatic heterocycles. The highest BCUT2D eigenvalue weighted by atomic mass is 16.5. The Morgan fingerprint density at radius 3 is 2.87 bits per heavy atom. The number of carbonyl (C=O) groups excluding carboxylic acids is 2. The minimum absolute atomic E-state index is 0.183. The molecule has 122 valence electrons. The fraction of sp³-hybridized carbons (Fsp3) is 0.471. The van der Waals surface area contributed by atoms with Gasteiger partial charge in [-0.15, -0.1) is 0 Å². The molecular weight excluding hydrogens is 294 g/mol. The van der Waals surface area contributed by atoms with Crippen LogP contribution in [-0.2, 0) is 9.53 Å². The number of imidazole rings is 1. The second-order valence-electron chi connectivity index (χ2n) is 5.97. The molecule has 23 heavy (non-hydrogen) atoms. The maximum atomic E-state index is 12.7. The third-order valence-corrected chi connectivity index (χ3v) is 4.51.